The molecule has 0 heterocycles. The Kier molecular flexibility index (Phi) is 1.64. The number of ketones is 2. The van der Waals surface area contributed by atoms with Gasteiger partial charge in [-0.05, 0) is 24.3 Å². The molecule has 0 aromatic heterocycles. The lowest BCUT2D eigenvalue weighted by Gasteiger charge is -2.17. The zero-order valence-corrected chi connectivity index (χ0v) is 7.28. The summed E-state index contributed by atoms with van der Waals surface area (Å²) in [5.41, 5.74) is 12.2. The van der Waals surface area contributed by atoms with Gasteiger partial charge in [0.05, 0.1) is 11.1 Å². The van der Waals surface area contributed by atoms with Gasteiger partial charge in [0, 0.05) is 11.4 Å². The molecule has 0 aromatic carbocycles. The van der Waals surface area contributed by atoms with E-state index in [-0.39, 0.29) is 34.1 Å². The number of rotatable bonds is 0. The molecule has 0 unspecified atom stereocenters. The van der Waals surface area contributed by atoms with Crippen LogP contribution in [0.25, 0.3) is 0 Å². The van der Waals surface area contributed by atoms with E-state index in [0.717, 1.165) is 0 Å². The number of hydrogen-bond donors (Lipinski definition) is 2. The van der Waals surface area contributed by atoms with Crippen LogP contribution < -0.4 is 11.5 Å². The normalized spacial score (nSPS) is 20.6. The molecule has 4 N–H and O–H groups in total. The number of nitrogens with two attached hydrogens (primary N) is 2. The fourth-order valence-corrected chi connectivity index (χ4v) is 1.48. The second kappa shape index (κ2) is 2.70. The lowest BCUT2D eigenvalue weighted by molar-refractivity contribution is -0.114. The van der Waals surface area contributed by atoms with Crippen LogP contribution in [-0.4, -0.2) is 11.6 Å². The minimum Gasteiger partial charge on any atom is -0.398 e. The first-order valence-electron chi connectivity index (χ1n) is 4.06. The highest BCUT2D eigenvalue weighted by atomic mass is 16.1. The maximum Gasteiger partial charge on any atom is 0.188 e. The first-order chi connectivity index (χ1) is 6.61. The third kappa shape index (κ3) is 1.01. The molecule has 70 valence electrons. The lowest BCUT2D eigenvalue weighted by atomic mass is 9.87. The van der Waals surface area contributed by atoms with Crippen LogP contribution in [-0.2, 0) is 9.59 Å². The highest BCUT2D eigenvalue weighted by molar-refractivity contribution is 6.23. The van der Waals surface area contributed by atoms with Gasteiger partial charge in [-0.3, -0.25) is 9.59 Å². The van der Waals surface area contributed by atoms with Crippen LogP contribution in [0.1, 0.15) is 0 Å². The van der Waals surface area contributed by atoms with E-state index < -0.39 is 0 Å². The van der Waals surface area contributed by atoms with Crippen LogP contribution in [0.4, 0.5) is 0 Å². The van der Waals surface area contributed by atoms with E-state index in [4.69, 9.17) is 11.5 Å². The monoisotopic (exact) mass is 188 g/mol. The first-order valence-corrected chi connectivity index (χ1v) is 4.06. The van der Waals surface area contributed by atoms with Gasteiger partial charge in [0.2, 0.25) is 0 Å². The zero-order valence-electron chi connectivity index (χ0n) is 7.28. The fourth-order valence-electron chi connectivity index (χ4n) is 1.48. The molecule has 0 amide bonds. The molecule has 0 bridgehead atoms. The Morgan fingerprint density at radius 1 is 0.714 bits per heavy atom. The van der Waals surface area contributed by atoms with Gasteiger partial charge in [-0.25, -0.2) is 0 Å². The summed E-state index contributed by atoms with van der Waals surface area (Å²) in [6.45, 7) is 0. The molecule has 2 rings (SSSR count). The lowest BCUT2D eigenvalue weighted by Crippen LogP contribution is -2.24. The maximum absolute atomic E-state index is 11.4. The van der Waals surface area contributed by atoms with Crippen LogP contribution in [0.3, 0.4) is 0 Å². The number of carbonyl (C=O) groups excluding carboxylic acids is 2. The highest BCUT2D eigenvalue weighted by Crippen LogP contribution is 2.26. The van der Waals surface area contributed by atoms with Crippen molar-refractivity contribution in [2.45, 2.75) is 0 Å². The van der Waals surface area contributed by atoms with E-state index in [9.17, 15) is 9.59 Å². The minimum atomic E-state index is -0.274. The molecule has 4 nitrogen and oxygen atoms in total. The van der Waals surface area contributed by atoms with Crippen molar-refractivity contribution in [1.29, 1.82) is 0 Å². The third-order valence-electron chi connectivity index (χ3n) is 2.15. The van der Waals surface area contributed by atoms with Crippen LogP contribution in [0.5, 0.6) is 0 Å². The Labute approximate surface area is 80.3 Å². The van der Waals surface area contributed by atoms with Gasteiger partial charge in [-0.2, -0.15) is 0 Å². The molecule has 14 heavy (non-hydrogen) atoms. The van der Waals surface area contributed by atoms with E-state index >= 15 is 0 Å². The average molecular weight is 188 g/mol. The van der Waals surface area contributed by atoms with Gasteiger partial charge in [0.25, 0.3) is 0 Å². The summed E-state index contributed by atoms with van der Waals surface area (Å²) in [4.78, 5) is 22.9. The summed E-state index contributed by atoms with van der Waals surface area (Å²) in [7, 11) is 0. The van der Waals surface area contributed by atoms with Gasteiger partial charge in [0.1, 0.15) is 0 Å². The van der Waals surface area contributed by atoms with Crippen molar-refractivity contribution >= 4 is 11.6 Å². The standard InChI is InChI=1S/C10H8N2O2/c11-5-1-3-7(13)10-6(12)2-4-8(14)9(5)10/h1-4H,11-12H2. The fraction of sp³-hybridized carbons (Fsp3) is 0. The third-order valence-corrected chi connectivity index (χ3v) is 2.15. The van der Waals surface area contributed by atoms with Crippen molar-refractivity contribution in [2.75, 3.05) is 0 Å². The Balaban J connectivity index is 2.73. The SMILES string of the molecule is NC1=C2C(=O)C=CC(N)=C2C(=O)C=C1. The van der Waals surface area contributed by atoms with Crippen molar-refractivity contribution in [3.63, 3.8) is 0 Å². The number of carbonyl (C=O) groups is 2. The van der Waals surface area contributed by atoms with Crippen molar-refractivity contribution in [1.82, 2.24) is 0 Å². The van der Waals surface area contributed by atoms with Crippen molar-refractivity contribution in [2.24, 2.45) is 11.5 Å². The van der Waals surface area contributed by atoms with Gasteiger partial charge in [-0.15, -0.1) is 0 Å². The Morgan fingerprint density at radius 3 is 1.43 bits per heavy atom. The molecule has 2 aliphatic rings. The largest absolute Gasteiger partial charge is 0.398 e. The topological polar surface area (TPSA) is 86.2 Å². The second-order valence-corrected chi connectivity index (χ2v) is 3.06. The Morgan fingerprint density at radius 2 is 1.07 bits per heavy atom. The van der Waals surface area contributed by atoms with E-state index in [1.54, 1.807) is 0 Å². The molecule has 0 spiro atoms. The first kappa shape index (κ1) is 8.50. The number of hydrogen-bond acceptors (Lipinski definition) is 4. The maximum atomic E-state index is 11.4. The van der Waals surface area contributed by atoms with Gasteiger partial charge in [0.15, 0.2) is 11.6 Å². The molecule has 4 heteroatoms. The zero-order chi connectivity index (χ0) is 10.3. The highest BCUT2D eigenvalue weighted by Gasteiger charge is 2.27. The van der Waals surface area contributed by atoms with Crippen LogP contribution >= 0.6 is 0 Å². The average Bonchev–Trinajstić information content (AvgIpc) is 2.16. The molecule has 0 saturated carbocycles. The van der Waals surface area contributed by atoms with Crippen LogP contribution in [0.15, 0.2) is 46.8 Å². The molecule has 0 aliphatic heterocycles. The van der Waals surface area contributed by atoms with Gasteiger partial charge >= 0.3 is 0 Å². The summed E-state index contributed by atoms with van der Waals surface area (Å²) in [5, 5.41) is 0. The summed E-state index contributed by atoms with van der Waals surface area (Å²) >= 11 is 0. The predicted octanol–water partition coefficient (Wildman–Crippen LogP) is -0.310. The molecule has 0 radical (unpaired) electrons. The van der Waals surface area contributed by atoms with E-state index in [2.05, 4.69) is 0 Å². The second-order valence-electron chi connectivity index (χ2n) is 3.06. The Hall–Kier alpha value is -2.10. The quantitative estimate of drug-likeness (QED) is 0.546. The van der Waals surface area contributed by atoms with Crippen LogP contribution in [0.2, 0.25) is 0 Å². The molecule has 0 saturated heterocycles. The summed E-state index contributed by atoms with van der Waals surface area (Å²) < 4.78 is 0. The molecule has 2 aliphatic carbocycles. The number of allylic oxidation sites excluding steroid dienone is 6. The predicted molar refractivity (Wildman–Crippen MR) is 50.7 cm³/mol. The smallest absolute Gasteiger partial charge is 0.188 e. The molecular formula is C10H8N2O2. The minimum absolute atomic E-state index is 0.220. The molecule has 0 atom stereocenters. The van der Waals surface area contributed by atoms with E-state index in [1.807, 2.05) is 0 Å². The van der Waals surface area contributed by atoms with Gasteiger partial charge < -0.3 is 11.5 Å². The molecular weight excluding hydrogens is 180 g/mol. The molecule has 0 fully saturated rings. The van der Waals surface area contributed by atoms with Gasteiger partial charge in [-0.1, -0.05) is 0 Å². The van der Waals surface area contributed by atoms with E-state index in [1.165, 1.54) is 24.3 Å². The number of fused-ring (bicyclic) bond motifs is 1. The van der Waals surface area contributed by atoms with E-state index in [0.29, 0.717) is 0 Å². The summed E-state index contributed by atoms with van der Waals surface area (Å²) in [6.07, 6.45) is 5.47. The van der Waals surface area contributed by atoms with Crippen molar-refractivity contribution in [3.8, 4) is 0 Å². The molecule has 0 aromatic rings. The Bertz CT molecular complexity index is 421. The summed E-state index contributed by atoms with van der Waals surface area (Å²) in [6, 6.07) is 0. The van der Waals surface area contributed by atoms with Crippen LogP contribution in [0, 0.1) is 0 Å². The van der Waals surface area contributed by atoms with Crippen molar-refractivity contribution in [3.05, 3.63) is 46.8 Å². The van der Waals surface area contributed by atoms with Crippen molar-refractivity contribution < 1.29 is 9.59 Å². The summed E-state index contributed by atoms with van der Waals surface area (Å²) in [5.74, 6) is -0.547.